The molecular weight excluding hydrogens is 310 g/mol. The fourth-order valence-corrected chi connectivity index (χ4v) is 2.86. The zero-order chi connectivity index (χ0) is 16.8. The molecule has 3 heterocycles. The van der Waals surface area contributed by atoms with Gasteiger partial charge in [-0.05, 0) is 13.8 Å². The van der Waals surface area contributed by atoms with Crippen LogP contribution in [0.1, 0.15) is 30.4 Å². The first kappa shape index (κ1) is 16.3. The van der Waals surface area contributed by atoms with Gasteiger partial charge < -0.3 is 29.2 Å². The smallest absolute Gasteiger partial charge is 0.360 e. The highest BCUT2D eigenvalue weighted by atomic mass is 16.8. The SMILES string of the molecule is COC(=O)c1cn([C@H]2C(C(O)CO)O[C@@H]3OC(C)(C)OC32)nn1. The Morgan fingerprint density at radius 1 is 1.52 bits per heavy atom. The molecule has 0 radical (unpaired) electrons. The lowest BCUT2D eigenvalue weighted by Crippen LogP contribution is -2.40. The van der Waals surface area contributed by atoms with Crippen molar-refractivity contribution in [2.24, 2.45) is 0 Å². The molecule has 23 heavy (non-hydrogen) atoms. The molecular formula is C13H19N3O7. The van der Waals surface area contributed by atoms with Gasteiger partial charge in [-0.15, -0.1) is 5.10 Å². The van der Waals surface area contributed by atoms with Crippen LogP contribution in [0, 0.1) is 0 Å². The zero-order valence-corrected chi connectivity index (χ0v) is 12.9. The van der Waals surface area contributed by atoms with E-state index in [1.54, 1.807) is 13.8 Å². The van der Waals surface area contributed by atoms with Gasteiger partial charge in [-0.3, -0.25) is 0 Å². The highest BCUT2D eigenvalue weighted by molar-refractivity contribution is 5.86. The van der Waals surface area contributed by atoms with E-state index in [1.807, 2.05) is 0 Å². The molecule has 0 saturated carbocycles. The predicted molar refractivity (Wildman–Crippen MR) is 72.2 cm³/mol. The average molecular weight is 329 g/mol. The summed E-state index contributed by atoms with van der Waals surface area (Å²) in [7, 11) is 1.24. The number of aliphatic hydroxyl groups is 2. The lowest BCUT2D eigenvalue weighted by atomic mass is 10.0. The first-order valence-corrected chi connectivity index (χ1v) is 7.16. The van der Waals surface area contributed by atoms with E-state index in [2.05, 4.69) is 15.0 Å². The number of carbonyl (C=O) groups is 1. The van der Waals surface area contributed by atoms with Crippen molar-refractivity contribution in [2.45, 2.75) is 50.3 Å². The Balaban J connectivity index is 1.91. The number of esters is 1. The molecule has 5 atom stereocenters. The second kappa shape index (κ2) is 5.80. The average Bonchev–Trinajstić information content (AvgIpc) is 3.17. The number of aliphatic hydroxyl groups excluding tert-OH is 2. The normalized spacial score (nSPS) is 33.4. The Morgan fingerprint density at radius 2 is 2.26 bits per heavy atom. The van der Waals surface area contributed by atoms with Crippen LogP contribution in [-0.4, -0.2) is 75.3 Å². The minimum absolute atomic E-state index is 0.0198. The molecule has 0 aromatic carbocycles. The molecule has 2 saturated heterocycles. The van der Waals surface area contributed by atoms with E-state index in [1.165, 1.54) is 18.0 Å². The molecule has 0 bridgehead atoms. The van der Waals surface area contributed by atoms with Crippen molar-refractivity contribution in [2.75, 3.05) is 13.7 Å². The molecule has 2 fully saturated rings. The van der Waals surface area contributed by atoms with Crippen molar-refractivity contribution >= 4 is 5.97 Å². The van der Waals surface area contributed by atoms with E-state index in [0.717, 1.165) is 0 Å². The summed E-state index contributed by atoms with van der Waals surface area (Å²) < 4.78 is 23.1. The van der Waals surface area contributed by atoms with E-state index in [-0.39, 0.29) is 5.69 Å². The Hall–Kier alpha value is -1.59. The minimum atomic E-state index is -1.16. The summed E-state index contributed by atoms with van der Waals surface area (Å²) in [5, 5.41) is 26.9. The summed E-state index contributed by atoms with van der Waals surface area (Å²) in [6, 6.07) is -0.616. The number of fused-ring (bicyclic) bond motifs is 1. The van der Waals surface area contributed by atoms with E-state index >= 15 is 0 Å². The molecule has 10 heteroatoms. The molecule has 2 aliphatic heterocycles. The molecule has 3 unspecified atom stereocenters. The molecule has 1 aromatic rings. The monoisotopic (exact) mass is 329 g/mol. The Bertz CT molecular complexity index is 590. The summed E-state index contributed by atoms with van der Waals surface area (Å²) in [5.74, 6) is -1.48. The standard InChI is InChI=1S/C13H19N3O7/c1-13(2)22-10-8(9(7(18)5-17)21-12(10)23-13)16-4-6(14-15-16)11(19)20-3/h4,7-10,12,17-18H,5H2,1-3H3/t7?,8-,9?,10?,12+/m0/s1. The fraction of sp³-hybridized carbons (Fsp3) is 0.769. The Labute approximate surface area is 131 Å². The zero-order valence-electron chi connectivity index (χ0n) is 12.9. The Kier molecular flexibility index (Phi) is 4.10. The number of ether oxygens (including phenoxy) is 4. The maximum atomic E-state index is 11.5. The number of methoxy groups -OCH3 is 1. The fourth-order valence-electron chi connectivity index (χ4n) is 2.86. The van der Waals surface area contributed by atoms with Crippen LogP contribution < -0.4 is 0 Å². The van der Waals surface area contributed by atoms with Crippen molar-refractivity contribution in [1.82, 2.24) is 15.0 Å². The molecule has 2 aliphatic rings. The van der Waals surface area contributed by atoms with Gasteiger partial charge in [0.25, 0.3) is 0 Å². The van der Waals surface area contributed by atoms with Crippen molar-refractivity contribution in [3.05, 3.63) is 11.9 Å². The topological polar surface area (TPSA) is 125 Å². The number of nitrogens with zero attached hydrogens (tertiary/aromatic N) is 3. The molecule has 0 spiro atoms. The number of hydrogen-bond acceptors (Lipinski definition) is 9. The van der Waals surface area contributed by atoms with Gasteiger partial charge in [0.15, 0.2) is 17.8 Å². The van der Waals surface area contributed by atoms with E-state index in [4.69, 9.17) is 14.2 Å². The van der Waals surface area contributed by atoms with Crippen LogP contribution in [-0.2, 0) is 18.9 Å². The third-order valence-corrected chi connectivity index (χ3v) is 3.83. The van der Waals surface area contributed by atoms with Crippen LogP contribution in [0.4, 0.5) is 0 Å². The number of aromatic nitrogens is 3. The van der Waals surface area contributed by atoms with Crippen molar-refractivity contribution in [3.8, 4) is 0 Å². The Morgan fingerprint density at radius 3 is 2.91 bits per heavy atom. The van der Waals surface area contributed by atoms with Gasteiger partial charge in [0.2, 0.25) is 0 Å². The van der Waals surface area contributed by atoms with Gasteiger partial charge >= 0.3 is 5.97 Å². The van der Waals surface area contributed by atoms with Crippen LogP contribution in [0.25, 0.3) is 0 Å². The molecule has 2 N–H and O–H groups in total. The summed E-state index contributed by atoms with van der Waals surface area (Å²) in [5.41, 5.74) is 0.0198. The van der Waals surface area contributed by atoms with Gasteiger partial charge in [-0.2, -0.15) is 0 Å². The summed E-state index contributed by atoms with van der Waals surface area (Å²) in [6.45, 7) is 2.98. The first-order valence-electron chi connectivity index (χ1n) is 7.16. The molecule has 0 aliphatic carbocycles. The number of rotatable bonds is 4. The van der Waals surface area contributed by atoms with Crippen LogP contribution in [0.3, 0.4) is 0 Å². The van der Waals surface area contributed by atoms with Crippen LogP contribution in [0.2, 0.25) is 0 Å². The second-order valence-corrected chi connectivity index (χ2v) is 5.89. The molecule has 3 rings (SSSR count). The third kappa shape index (κ3) is 2.83. The van der Waals surface area contributed by atoms with Gasteiger partial charge in [0.05, 0.1) is 19.9 Å². The molecule has 10 nitrogen and oxygen atoms in total. The maximum absolute atomic E-state index is 11.5. The predicted octanol–water partition coefficient (Wildman–Crippen LogP) is -1.16. The van der Waals surface area contributed by atoms with E-state index in [0.29, 0.717) is 0 Å². The maximum Gasteiger partial charge on any atom is 0.360 e. The first-order chi connectivity index (χ1) is 10.9. The summed E-state index contributed by atoms with van der Waals surface area (Å²) in [6.07, 6.45) is -1.88. The van der Waals surface area contributed by atoms with Crippen molar-refractivity contribution in [3.63, 3.8) is 0 Å². The molecule has 1 aromatic heterocycles. The summed E-state index contributed by atoms with van der Waals surface area (Å²) >= 11 is 0. The van der Waals surface area contributed by atoms with E-state index < -0.39 is 49.0 Å². The summed E-state index contributed by atoms with van der Waals surface area (Å²) in [4.78, 5) is 11.5. The van der Waals surface area contributed by atoms with Gasteiger partial charge in [-0.1, -0.05) is 5.21 Å². The minimum Gasteiger partial charge on any atom is -0.464 e. The largest absolute Gasteiger partial charge is 0.464 e. The van der Waals surface area contributed by atoms with Crippen molar-refractivity contribution < 1.29 is 34.0 Å². The molecule has 0 amide bonds. The quantitative estimate of drug-likeness (QED) is 0.658. The van der Waals surface area contributed by atoms with Gasteiger partial charge in [-0.25, -0.2) is 9.48 Å². The third-order valence-electron chi connectivity index (χ3n) is 3.83. The number of carbonyl (C=O) groups excluding carboxylic acids is 1. The van der Waals surface area contributed by atoms with Crippen LogP contribution >= 0.6 is 0 Å². The highest BCUT2D eigenvalue weighted by Gasteiger charge is 2.57. The highest BCUT2D eigenvalue weighted by Crippen LogP contribution is 2.43. The van der Waals surface area contributed by atoms with Gasteiger partial charge in [0, 0.05) is 0 Å². The number of hydrogen-bond donors (Lipinski definition) is 2. The van der Waals surface area contributed by atoms with Crippen LogP contribution in [0.15, 0.2) is 6.20 Å². The molecule has 128 valence electrons. The van der Waals surface area contributed by atoms with Crippen LogP contribution in [0.5, 0.6) is 0 Å². The second-order valence-electron chi connectivity index (χ2n) is 5.89. The lowest BCUT2D eigenvalue weighted by molar-refractivity contribution is -0.221. The van der Waals surface area contributed by atoms with E-state index in [9.17, 15) is 15.0 Å². The lowest BCUT2D eigenvalue weighted by Gasteiger charge is -2.27. The van der Waals surface area contributed by atoms with Crippen molar-refractivity contribution in [1.29, 1.82) is 0 Å². The van der Waals surface area contributed by atoms with Gasteiger partial charge in [0.1, 0.15) is 24.4 Å².